The number of nitrogens with zero attached hydrogens (tertiary/aromatic N) is 2. The molecule has 1 fully saturated rings. The number of nitrogens with one attached hydrogen (secondary N) is 1. The van der Waals surface area contributed by atoms with Crippen LogP contribution < -0.4 is 5.32 Å². The van der Waals surface area contributed by atoms with E-state index in [4.69, 9.17) is 0 Å². The summed E-state index contributed by atoms with van der Waals surface area (Å²) < 4.78 is 1.10. The third kappa shape index (κ3) is 4.25. The van der Waals surface area contributed by atoms with Gasteiger partial charge in [-0.2, -0.15) is 0 Å². The lowest BCUT2D eigenvalue weighted by atomic mass is 9.99. The number of allylic oxidation sites excluding steroid dienone is 1. The Bertz CT molecular complexity index is 818. The van der Waals surface area contributed by atoms with E-state index in [9.17, 15) is 0 Å². The normalized spacial score (nSPS) is 18.7. The fourth-order valence-electron chi connectivity index (χ4n) is 3.63. The van der Waals surface area contributed by atoms with Gasteiger partial charge in [0.05, 0.1) is 6.54 Å². The van der Waals surface area contributed by atoms with Crippen LogP contribution in [0, 0.1) is 0 Å². The van der Waals surface area contributed by atoms with Gasteiger partial charge in [-0.1, -0.05) is 40.5 Å². The van der Waals surface area contributed by atoms with Crippen molar-refractivity contribution in [2.45, 2.75) is 32.4 Å². The standard InChI is InChI=1S/C22H24BrN3/c23-20-7-6-18-13-24-14-19(22(18)12-20)15-25-21-8-4-17(5-9-21)16-26-10-2-1-3-11-26/h4-9,12,14-15,25H,1-3,10-11,13,16H2/b19-15+. The molecule has 4 heteroatoms. The highest BCUT2D eigenvalue weighted by atomic mass is 79.9. The summed E-state index contributed by atoms with van der Waals surface area (Å²) >= 11 is 3.57. The summed E-state index contributed by atoms with van der Waals surface area (Å²) in [6.45, 7) is 4.29. The first-order chi connectivity index (χ1) is 12.8. The molecule has 2 aliphatic heterocycles. The summed E-state index contributed by atoms with van der Waals surface area (Å²) in [7, 11) is 0. The summed E-state index contributed by atoms with van der Waals surface area (Å²) in [5, 5.41) is 3.42. The van der Waals surface area contributed by atoms with Gasteiger partial charge in [-0.15, -0.1) is 0 Å². The van der Waals surface area contributed by atoms with Gasteiger partial charge in [0.2, 0.25) is 0 Å². The van der Waals surface area contributed by atoms with Crippen molar-refractivity contribution in [3.05, 3.63) is 69.8 Å². The quantitative estimate of drug-likeness (QED) is 0.724. The molecule has 3 nitrogen and oxygen atoms in total. The Kier molecular flexibility index (Phi) is 5.51. The van der Waals surface area contributed by atoms with Crippen molar-refractivity contribution in [1.82, 2.24) is 4.90 Å². The van der Waals surface area contributed by atoms with E-state index >= 15 is 0 Å². The molecular formula is C22H24BrN3. The van der Waals surface area contributed by atoms with E-state index in [0.717, 1.165) is 28.8 Å². The molecule has 0 radical (unpaired) electrons. The number of anilines is 1. The van der Waals surface area contributed by atoms with E-state index in [-0.39, 0.29) is 0 Å². The monoisotopic (exact) mass is 409 g/mol. The Hall–Kier alpha value is -1.91. The van der Waals surface area contributed by atoms with E-state index in [1.165, 1.54) is 49.0 Å². The molecule has 0 bridgehead atoms. The van der Waals surface area contributed by atoms with E-state index in [1.54, 1.807) is 0 Å². The van der Waals surface area contributed by atoms with Crippen molar-refractivity contribution in [1.29, 1.82) is 0 Å². The van der Waals surface area contributed by atoms with E-state index in [1.807, 2.05) is 12.4 Å². The van der Waals surface area contributed by atoms with Crippen LogP contribution in [0.5, 0.6) is 0 Å². The maximum Gasteiger partial charge on any atom is 0.0646 e. The Morgan fingerprint density at radius 3 is 2.65 bits per heavy atom. The van der Waals surface area contributed by atoms with Gasteiger partial charge in [-0.05, 0) is 66.9 Å². The van der Waals surface area contributed by atoms with E-state index in [0.29, 0.717) is 0 Å². The van der Waals surface area contributed by atoms with Crippen LogP contribution in [0.4, 0.5) is 5.69 Å². The lowest BCUT2D eigenvalue weighted by Crippen LogP contribution is -2.29. The first-order valence-electron chi connectivity index (χ1n) is 9.34. The summed E-state index contributed by atoms with van der Waals surface area (Å²) in [5.74, 6) is 0. The molecule has 134 valence electrons. The van der Waals surface area contributed by atoms with Crippen LogP contribution in [0.2, 0.25) is 0 Å². The van der Waals surface area contributed by atoms with Gasteiger partial charge in [0, 0.05) is 34.7 Å². The van der Waals surface area contributed by atoms with Crippen molar-refractivity contribution in [2.24, 2.45) is 4.99 Å². The van der Waals surface area contributed by atoms with Crippen LogP contribution >= 0.6 is 15.9 Å². The molecular weight excluding hydrogens is 386 g/mol. The molecule has 0 aliphatic carbocycles. The summed E-state index contributed by atoms with van der Waals surface area (Å²) in [6.07, 6.45) is 8.07. The molecule has 26 heavy (non-hydrogen) atoms. The average molecular weight is 410 g/mol. The molecule has 1 saturated heterocycles. The van der Waals surface area contributed by atoms with E-state index in [2.05, 4.69) is 73.6 Å². The maximum absolute atomic E-state index is 4.47. The highest BCUT2D eigenvalue weighted by molar-refractivity contribution is 9.10. The zero-order chi connectivity index (χ0) is 17.8. The molecule has 0 amide bonds. The first kappa shape index (κ1) is 17.5. The first-order valence-corrected chi connectivity index (χ1v) is 10.1. The van der Waals surface area contributed by atoms with Crippen LogP contribution in [-0.4, -0.2) is 24.2 Å². The zero-order valence-corrected chi connectivity index (χ0v) is 16.5. The van der Waals surface area contributed by atoms with Crippen molar-refractivity contribution >= 4 is 33.4 Å². The molecule has 0 spiro atoms. The van der Waals surface area contributed by atoms with Gasteiger partial charge in [0.25, 0.3) is 0 Å². The van der Waals surface area contributed by atoms with Crippen LogP contribution in [0.15, 0.2) is 58.1 Å². The largest absolute Gasteiger partial charge is 0.361 e. The zero-order valence-electron chi connectivity index (χ0n) is 14.9. The topological polar surface area (TPSA) is 27.6 Å². The second-order valence-corrected chi connectivity index (χ2v) is 7.96. The van der Waals surface area contributed by atoms with Crippen molar-refractivity contribution in [3.8, 4) is 0 Å². The van der Waals surface area contributed by atoms with E-state index < -0.39 is 0 Å². The SMILES string of the molecule is Brc1ccc2c(c1)/C(=C/Nc1ccc(CN3CCCCC3)cc1)C=NC2. The molecule has 2 heterocycles. The maximum atomic E-state index is 4.47. The third-order valence-corrected chi connectivity index (χ3v) is 5.57. The summed E-state index contributed by atoms with van der Waals surface area (Å²) in [5.41, 5.74) is 6.11. The molecule has 0 aromatic heterocycles. The Morgan fingerprint density at radius 1 is 1.04 bits per heavy atom. The van der Waals surface area contributed by atoms with Crippen molar-refractivity contribution in [2.75, 3.05) is 18.4 Å². The number of benzene rings is 2. The molecule has 2 aromatic carbocycles. The predicted octanol–water partition coefficient (Wildman–Crippen LogP) is 5.47. The molecule has 4 rings (SSSR count). The van der Waals surface area contributed by atoms with Gasteiger partial charge in [-0.25, -0.2) is 0 Å². The third-order valence-electron chi connectivity index (χ3n) is 5.08. The average Bonchev–Trinajstić information content (AvgIpc) is 2.68. The molecule has 0 unspecified atom stereocenters. The number of halogens is 1. The Balaban J connectivity index is 1.43. The Morgan fingerprint density at radius 2 is 1.85 bits per heavy atom. The van der Waals surface area contributed by atoms with Gasteiger partial charge in [0.1, 0.15) is 0 Å². The Labute approximate surface area is 164 Å². The minimum absolute atomic E-state index is 0.755. The van der Waals surface area contributed by atoms with Gasteiger partial charge in [0.15, 0.2) is 0 Å². The summed E-state index contributed by atoms with van der Waals surface area (Å²) in [6, 6.07) is 15.2. The fraction of sp³-hybridized carbons (Fsp3) is 0.318. The molecule has 0 saturated carbocycles. The number of likely N-dealkylation sites (tertiary alicyclic amines) is 1. The smallest absolute Gasteiger partial charge is 0.0646 e. The van der Waals surface area contributed by atoms with Crippen LogP contribution in [-0.2, 0) is 13.1 Å². The lowest BCUT2D eigenvalue weighted by Gasteiger charge is -2.26. The van der Waals surface area contributed by atoms with Crippen molar-refractivity contribution < 1.29 is 0 Å². The molecule has 2 aromatic rings. The predicted molar refractivity (Wildman–Crippen MR) is 114 cm³/mol. The van der Waals surface area contributed by atoms with Gasteiger partial charge >= 0.3 is 0 Å². The van der Waals surface area contributed by atoms with Crippen LogP contribution in [0.1, 0.15) is 36.0 Å². The molecule has 0 atom stereocenters. The highest BCUT2D eigenvalue weighted by Crippen LogP contribution is 2.26. The number of rotatable bonds is 4. The second-order valence-electron chi connectivity index (χ2n) is 7.05. The molecule has 2 aliphatic rings. The fourth-order valence-corrected chi connectivity index (χ4v) is 3.99. The number of piperidine rings is 1. The van der Waals surface area contributed by atoms with Gasteiger partial charge < -0.3 is 5.32 Å². The molecule has 1 N–H and O–H groups in total. The number of aliphatic imine (C=N–C) groups is 1. The number of hydrogen-bond donors (Lipinski definition) is 1. The highest BCUT2D eigenvalue weighted by Gasteiger charge is 2.12. The minimum Gasteiger partial charge on any atom is -0.361 e. The van der Waals surface area contributed by atoms with Gasteiger partial charge in [-0.3, -0.25) is 9.89 Å². The van der Waals surface area contributed by atoms with Crippen molar-refractivity contribution in [3.63, 3.8) is 0 Å². The number of hydrogen-bond acceptors (Lipinski definition) is 3. The second kappa shape index (κ2) is 8.19. The number of fused-ring (bicyclic) bond motifs is 1. The minimum atomic E-state index is 0.755. The van der Waals surface area contributed by atoms with Crippen LogP contribution in [0.3, 0.4) is 0 Å². The summed E-state index contributed by atoms with van der Waals surface area (Å²) in [4.78, 5) is 7.02. The van der Waals surface area contributed by atoms with Crippen LogP contribution in [0.25, 0.3) is 5.57 Å². The lowest BCUT2D eigenvalue weighted by molar-refractivity contribution is 0.221.